The minimum atomic E-state index is -0.498. The summed E-state index contributed by atoms with van der Waals surface area (Å²) in [4.78, 5) is 23.9. The second kappa shape index (κ2) is 11.1. The van der Waals surface area contributed by atoms with Gasteiger partial charge in [-0.3, -0.25) is 4.79 Å². The zero-order chi connectivity index (χ0) is 24.0. The van der Waals surface area contributed by atoms with Gasteiger partial charge in [0, 0.05) is 37.3 Å². The zero-order valence-corrected chi connectivity index (χ0v) is 20.0. The number of carbonyl (C=O) groups excluding carboxylic acids is 1. The molecule has 0 fully saturated rings. The highest BCUT2D eigenvalue weighted by molar-refractivity contribution is 6.30. The Kier molecular flexibility index (Phi) is 8.22. The van der Waals surface area contributed by atoms with Gasteiger partial charge in [0.15, 0.2) is 0 Å². The summed E-state index contributed by atoms with van der Waals surface area (Å²) in [6, 6.07) is 14.8. The van der Waals surface area contributed by atoms with Crippen molar-refractivity contribution in [1.29, 1.82) is 0 Å². The van der Waals surface area contributed by atoms with Gasteiger partial charge in [-0.25, -0.2) is 9.37 Å². The van der Waals surface area contributed by atoms with E-state index in [1.54, 1.807) is 35.2 Å². The Balaban J connectivity index is 1.83. The van der Waals surface area contributed by atoms with Crippen molar-refractivity contribution in [2.45, 2.75) is 32.9 Å². The molecule has 0 bridgehead atoms. The van der Waals surface area contributed by atoms with Crippen molar-refractivity contribution in [1.82, 2.24) is 15.3 Å². The molecule has 0 spiro atoms. The van der Waals surface area contributed by atoms with E-state index in [4.69, 9.17) is 11.6 Å². The summed E-state index contributed by atoms with van der Waals surface area (Å²) in [5.41, 5.74) is 2.16. The normalized spacial score (nSPS) is 11.8. The highest BCUT2D eigenvalue weighted by Gasteiger charge is 2.21. The summed E-state index contributed by atoms with van der Waals surface area (Å²) in [7, 11) is 3.66. The predicted molar refractivity (Wildman–Crippen MR) is 132 cm³/mol. The summed E-state index contributed by atoms with van der Waals surface area (Å²) < 4.78 is 13.8. The molecule has 8 heteroatoms. The van der Waals surface area contributed by atoms with Crippen LogP contribution >= 0.6 is 11.6 Å². The molecule has 0 aliphatic rings. The van der Waals surface area contributed by atoms with Gasteiger partial charge >= 0.3 is 0 Å². The Hall–Kier alpha value is -3.19. The molecule has 0 saturated heterocycles. The summed E-state index contributed by atoms with van der Waals surface area (Å²) in [5, 5.41) is 6.91. The van der Waals surface area contributed by atoms with Crippen LogP contribution in [0, 0.1) is 11.7 Å². The molecule has 1 aromatic heterocycles. The smallest absolute Gasteiger partial charge is 0.242 e. The maximum absolute atomic E-state index is 13.8. The van der Waals surface area contributed by atoms with E-state index in [0.29, 0.717) is 41.0 Å². The average Bonchev–Trinajstić information content (AvgIpc) is 2.77. The molecule has 6 nitrogen and oxygen atoms in total. The van der Waals surface area contributed by atoms with Crippen LogP contribution in [0.3, 0.4) is 0 Å². The number of halogens is 2. The van der Waals surface area contributed by atoms with Crippen molar-refractivity contribution in [3.63, 3.8) is 0 Å². The lowest BCUT2D eigenvalue weighted by Crippen LogP contribution is -2.40. The van der Waals surface area contributed by atoms with E-state index in [0.717, 1.165) is 5.56 Å². The van der Waals surface area contributed by atoms with Crippen LogP contribution in [0.15, 0.2) is 54.6 Å². The quantitative estimate of drug-likeness (QED) is 0.453. The second-order valence-electron chi connectivity index (χ2n) is 8.51. The molecule has 0 aliphatic heterocycles. The van der Waals surface area contributed by atoms with Crippen LogP contribution in [0.25, 0.3) is 11.3 Å². The number of hydrogen-bond donors (Lipinski definition) is 2. The fraction of sp³-hybridized carbons (Fsp3) is 0.320. The third kappa shape index (κ3) is 7.15. The monoisotopic (exact) mass is 469 g/mol. The largest absolute Gasteiger partial charge is 0.358 e. The number of carbonyl (C=O) groups is 1. The molecule has 1 unspecified atom stereocenters. The second-order valence-corrected chi connectivity index (χ2v) is 8.95. The molecule has 0 radical (unpaired) electrons. The summed E-state index contributed by atoms with van der Waals surface area (Å²) in [6.45, 7) is 4.52. The number of anilines is 2. The van der Waals surface area contributed by atoms with Gasteiger partial charge in [0.05, 0.1) is 5.69 Å². The molecule has 33 heavy (non-hydrogen) atoms. The standard InChI is InChI=1S/C25H29ClFN5O/c1-16(2)12-22(24(33)28-15-17-8-10-19(26)11-9-17)29-23-14-21(30-25(31-23)32(3)4)18-6-5-7-20(27)13-18/h5-11,13-14,16,22H,12,15H2,1-4H3,(H,28,33)(H,29,30,31). The van der Waals surface area contributed by atoms with Crippen LogP contribution in [-0.4, -0.2) is 36.0 Å². The minimum Gasteiger partial charge on any atom is -0.358 e. The summed E-state index contributed by atoms with van der Waals surface area (Å²) >= 11 is 5.94. The average molecular weight is 470 g/mol. The number of nitrogens with zero attached hydrogens (tertiary/aromatic N) is 3. The fourth-order valence-electron chi connectivity index (χ4n) is 3.30. The van der Waals surface area contributed by atoms with Crippen molar-refractivity contribution in [2.75, 3.05) is 24.3 Å². The van der Waals surface area contributed by atoms with Crippen LogP contribution in [0.1, 0.15) is 25.8 Å². The van der Waals surface area contributed by atoms with Gasteiger partial charge in [-0.05, 0) is 42.2 Å². The molecular formula is C25H29ClFN5O. The Labute approximate surface area is 199 Å². The third-order valence-electron chi connectivity index (χ3n) is 4.96. The summed E-state index contributed by atoms with van der Waals surface area (Å²) in [6.07, 6.45) is 0.614. The number of benzene rings is 2. The van der Waals surface area contributed by atoms with E-state index >= 15 is 0 Å². The van der Waals surface area contributed by atoms with Crippen molar-refractivity contribution < 1.29 is 9.18 Å². The topological polar surface area (TPSA) is 70.2 Å². The van der Waals surface area contributed by atoms with Crippen LogP contribution in [0.4, 0.5) is 16.2 Å². The maximum atomic E-state index is 13.8. The van der Waals surface area contributed by atoms with Gasteiger partial charge in [0.25, 0.3) is 0 Å². The van der Waals surface area contributed by atoms with Crippen molar-refractivity contribution in [3.05, 3.63) is 71.0 Å². The molecule has 1 atom stereocenters. The molecule has 0 saturated carbocycles. The lowest BCUT2D eigenvalue weighted by Gasteiger charge is -2.22. The van der Waals surface area contributed by atoms with E-state index in [9.17, 15) is 9.18 Å². The first-order valence-corrected chi connectivity index (χ1v) is 11.2. The van der Waals surface area contributed by atoms with Gasteiger partial charge in [0.2, 0.25) is 11.9 Å². The highest BCUT2D eigenvalue weighted by atomic mass is 35.5. The Bertz CT molecular complexity index is 1090. The molecule has 2 aromatic carbocycles. The molecular weight excluding hydrogens is 441 g/mol. The zero-order valence-electron chi connectivity index (χ0n) is 19.3. The SMILES string of the molecule is CC(C)CC(Nc1cc(-c2cccc(F)c2)nc(N(C)C)n1)C(=O)NCc1ccc(Cl)cc1. The predicted octanol–water partition coefficient (Wildman–Crippen LogP) is 5.15. The minimum absolute atomic E-state index is 0.129. The van der Waals surface area contributed by atoms with Gasteiger partial charge in [0.1, 0.15) is 17.7 Å². The van der Waals surface area contributed by atoms with E-state index in [-0.39, 0.29) is 17.6 Å². The Morgan fingerprint density at radius 2 is 1.82 bits per heavy atom. The Morgan fingerprint density at radius 1 is 1.09 bits per heavy atom. The molecule has 3 aromatic rings. The maximum Gasteiger partial charge on any atom is 0.242 e. The fourth-order valence-corrected chi connectivity index (χ4v) is 3.43. The lowest BCUT2D eigenvalue weighted by molar-refractivity contribution is -0.122. The highest BCUT2D eigenvalue weighted by Crippen LogP contribution is 2.24. The van der Waals surface area contributed by atoms with Gasteiger partial charge in [-0.2, -0.15) is 4.98 Å². The van der Waals surface area contributed by atoms with Crippen LogP contribution < -0.4 is 15.5 Å². The number of hydrogen-bond acceptors (Lipinski definition) is 5. The van der Waals surface area contributed by atoms with E-state index in [1.807, 2.05) is 26.2 Å². The van der Waals surface area contributed by atoms with Crippen molar-refractivity contribution >= 4 is 29.3 Å². The van der Waals surface area contributed by atoms with Crippen molar-refractivity contribution in [3.8, 4) is 11.3 Å². The molecule has 2 N–H and O–H groups in total. The Morgan fingerprint density at radius 3 is 2.45 bits per heavy atom. The van der Waals surface area contributed by atoms with E-state index in [2.05, 4.69) is 34.4 Å². The third-order valence-corrected chi connectivity index (χ3v) is 5.21. The first-order chi connectivity index (χ1) is 15.7. The molecule has 1 heterocycles. The van der Waals surface area contributed by atoms with Crippen LogP contribution in [0.2, 0.25) is 5.02 Å². The van der Waals surface area contributed by atoms with Gasteiger partial charge in [-0.15, -0.1) is 0 Å². The van der Waals surface area contributed by atoms with E-state index < -0.39 is 6.04 Å². The first-order valence-electron chi connectivity index (χ1n) is 10.8. The number of nitrogens with one attached hydrogen (secondary N) is 2. The van der Waals surface area contributed by atoms with E-state index in [1.165, 1.54) is 12.1 Å². The number of amides is 1. The van der Waals surface area contributed by atoms with Gasteiger partial charge < -0.3 is 15.5 Å². The lowest BCUT2D eigenvalue weighted by atomic mass is 10.0. The molecule has 3 rings (SSSR count). The van der Waals surface area contributed by atoms with Crippen molar-refractivity contribution in [2.24, 2.45) is 5.92 Å². The van der Waals surface area contributed by atoms with Crippen LogP contribution in [0.5, 0.6) is 0 Å². The number of aromatic nitrogens is 2. The molecule has 174 valence electrons. The number of rotatable bonds is 9. The molecule has 0 aliphatic carbocycles. The summed E-state index contributed by atoms with van der Waals surface area (Å²) in [5.74, 6) is 0.772. The van der Waals surface area contributed by atoms with Gasteiger partial charge in [-0.1, -0.05) is 49.7 Å². The first kappa shape index (κ1) is 24.5. The molecule has 1 amide bonds. The van der Waals surface area contributed by atoms with Crippen LogP contribution in [-0.2, 0) is 11.3 Å².